The zero-order chi connectivity index (χ0) is 20.3. The van der Waals surface area contributed by atoms with Crippen LogP contribution >= 0.6 is 11.6 Å². The number of rotatable bonds is 5. The van der Waals surface area contributed by atoms with Crippen molar-refractivity contribution in [2.24, 2.45) is 0 Å². The maximum atomic E-state index is 12.4. The van der Waals surface area contributed by atoms with Crippen LogP contribution in [-0.4, -0.2) is 96.2 Å². The van der Waals surface area contributed by atoms with Crippen LogP contribution in [0, 0.1) is 0 Å². The summed E-state index contributed by atoms with van der Waals surface area (Å²) < 4.78 is 0. The molecule has 5 amide bonds. The van der Waals surface area contributed by atoms with Crippen LogP contribution in [0.5, 0.6) is 0 Å². The van der Waals surface area contributed by atoms with Crippen molar-refractivity contribution in [1.82, 2.24) is 19.6 Å². The molecule has 0 unspecified atom stereocenters. The van der Waals surface area contributed by atoms with E-state index in [-0.39, 0.29) is 37.4 Å². The molecule has 10 heteroatoms. The predicted octanol–water partition coefficient (Wildman–Crippen LogP) is 0.317. The third-order valence-electron chi connectivity index (χ3n) is 4.76. The van der Waals surface area contributed by atoms with Gasteiger partial charge in [-0.3, -0.25) is 24.2 Å². The van der Waals surface area contributed by atoms with Gasteiger partial charge in [-0.15, -0.1) is 0 Å². The Morgan fingerprint density at radius 2 is 1.75 bits per heavy atom. The van der Waals surface area contributed by atoms with Gasteiger partial charge in [0.2, 0.25) is 11.8 Å². The van der Waals surface area contributed by atoms with Gasteiger partial charge in [-0.1, -0.05) is 23.7 Å². The molecule has 1 aromatic rings. The molecule has 2 aliphatic rings. The molecule has 1 aromatic carbocycles. The van der Waals surface area contributed by atoms with E-state index < -0.39 is 6.03 Å². The number of piperazine rings is 1. The Hall–Kier alpha value is -2.65. The Bertz CT molecular complexity index is 794. The molecular formula is C18H22ClN5O4. The molecule has 0 bridgehead atoms. The van der Waals surface area contributed by atoms with Crippen LogP contribution in [0.15, 0.2) is 24.3 Å². The van der Waals surface area contributed by atoms with Crippen molar-refractivity contribution in [2.75, 3.05) is 58.2 Å². The summed E-state index contributed by atoms with van der Waals surface area (Å²) in [6.45, 7) is 1.89. The van der Waals surface area contributed by atoms with Gasteiger partial charge in [-0.05, 0) is 12.1 Å². The van der Waals surface area contributed by atoms with Crippen molar-refractivity contribution in [1.29, 1.82) is 0 Å². The van der Waals surface area contributed by atoms with Crippen LogP contribution in [0.1, 0.15) is 0 Å². The molecule has 0 spiro atoms. The fourth-order valence-electron chi connectivity index (χ4n) is 3.17. The Morgan fingerprint density at radius 3 is 2.36 bits per heavy atom. The highest BCUT2D eigenvalue weighted by atomic mass is 35.5. The van der Waals surface area contributed by atoms with Crippen LogP contribution in [0.2, 0.25) is 5.02 Å². The average molecular weight is 408 g/mol. The number of para-hydroxylation sites is 1. The summed E-state index contributed by atoms with van der Waals surface area (Å²) in [6.07, 6.45) is 0. The number of imide groups is 1. The fraction of sp³-hybridized carbons (Fsp3) is 0.444. The van der Waals surface area contributed by atoms with E-state index in [2.05, 4.69) is 5.32 Å². The Labute approximate surface area is 167 Å². The lowest BCUT2D eigenvalue weighted by Crippen LogP contribution is -2.53. The minimum atomic E-state index is -0.451. The van der Waals surface area contributed by atoms with Crippen molar-refractivity contribution in [3.63, 3.8) is 0 Å². The van der Waals surface area contributed by atoms with Gasteiger partial charge in [-0.2, -0.15) is 0 Å². The fourth-order valence-corrected chi connectivity index (χ4v) is 3.35. The van der Waals surface area contributed by atoms with Crippen molar-refractivity contribution in [3.8, 4) is 0 Å². The van der Waals surface area contributed by atoms with Gasteiger partial charge in [-0.25, -0.2) is 4.79 Å². The molecular weight excluding hydrogens is 386 g/mol. The van der Waals surface area contributed by atoms with Gasteiger partial charge in [0.15, 0.2) is 0 Å². The molecule has 0 radical (unpaired) electrons. The monoisotopic (exact) mass is 407 g/mol. The minimum Gasteiger partial charge on any atom is -0.339 e. The van der Waals surface area contributed by atoms with E-state index in [9.17, 15) is 19.2 Å². The SMILES string of the molecule is CN1CC(=O)N(CC(=O)N2CCN(CC(=O)Nc3ccccc3Cl)CC2)C1=O. The Balaban J connectivity index is 1.44. The van der Waals surface area contributed by atoms with Gasteiger partial charge in [0.05, 0.1) is 17.3 Å². The third kappa shape index (κ3) is 4.60. The number of benzene rings is 1. The topological polar surface area (TPSA) is 93.3 Å². The number of halogens is 1. The summed E-state index contributed by atoms with van der Waals surface area (Å²) in [4.78, 5) is 54.1. The number of hydrogen-bond donors (Lipinski definition) is 1. The smallest absolute Gasteiger partial charge is 0.327 e. The highest BCUT2D eigenvalue weighted by Gasteiger charge is 2.36. The normalized spacial score (nSPS) is 18.0. The van der Waals surface area contributed by atoms with Gasteiger partial charge >= 0.3 is 6.03 Å². The van der Waals surface area contributed by atoms with Gasteiger partial charge in [0.1, 0.15) is 13.1 Å². The Morgan fingerprint density at radius 1 is 1.07 bits per heavy atom. The summed E-state index contributed by atoms with van der Waals surface area (Å²) >= 11 is 6.04. The number of nitrogens with one attached hydrogen (secondary N) is 1. The van der Waals surface area contributed by atoms with Gasteiger partial charge < -0.3 is 15.1 Å². The second-order valence-electron chi connectivity index (χ2n) is 6.80. The number of likely N-dealkylation sites (N-methyl/N-ethyl adjacent to an activating group) is 1. The van der Waals surface area contributed by atoms with E-state index in [1.54, 1.807) is 29.2 Å². The quantitative estimate of drug-likeness (QED) is 0.709. The van der Waals surface area contributed by atoms with E-state index >= 15 is 0 Å². The van der Waals surface area contributed by atoms with Gasteiger partial charge in [0.25, 0.3) is 5.91 Å². The largest absolute Gasteiger partial charge is 0.339 e. The van der Waals surface area contributed by atoms with Crippen molar-refractivity contribution in [2.45, 2.75) is 0 Å². The highest BCUT2D eigenvalue weighted by Crippen LogP contribution is 2.20. The average Bonchev–Trinajstić information content (AvgIpc) is 2.90. The molecule has 0 aliphatic carbocycles. The number of anilines is 1. The number of hydrogen-bond acceptors (Lipinski definition) is 5. The summed E-state index contributed by atoms with van der Waals surface area (Å²) in [5, 5.41) is 3.25. The lowest BCUT2D eigenvalue weighted by molar-refractivity contribution is -0.137. The standard InChI is InChI=1S/C18H22ClN5O4/c1-21-11-17(27)24(18(21)28)12-16(26)23-8-6-22(7-9-23)10-15(25)20-14-5-3-2-4-13(14)19/h2-5H,6-12H2,1H3,(H,20,25). The number of nitrogens with zero attached hydrogens (tertiary/aromatic N) is 4. The van der Waals surface area contributed by atoms with Crippen LogP contribution in [0.25, 0.3) is 0 Å². The molecule has 28 heavy (non-hydrogen) atoms. The molecule has 9 nitrogen and oxygen atoms in total. The maximum absolute atomic E-state index is 12.4. The van der Waals surface area contributed by atoms with Crippen LogP contribution in [0.3, 0.4) is 0 Å². The second-order valence-corrected chi connectivity index (χ2v) is 7.21. The van der Waals surface area contributed by atoms with E-state index in [4.69, 9.17) is 11.6 Å². The Kier molecular flexibility index (Phi) is 6.15. The predicted molar refractivity (Wildman–Crippen MR) is 103 cm³/mol. The van der Waals surface area contributed by atoms with E-state index in [1.807, 2.05) is 4.90 Å². The molecule has 2 fully saturated rings. The maximum Gasteiger partial charge on any atom is 0.327 e. The van der Waals surface area contributed by atoms with Crippen LogP contribution < -0.4 is 5.32 Å². The molecule has 2 heterocycles. The van der Waals surface area contributed by atoms with Gasteiger partial charge in [0, 0.05) is 33.2 Å². The molecule has 1 N–H and O–H groups in total. The van der Waals surface area contributed by atoms with E-state index in [0.29, 0.717) is 36.9 Å². The number of carbonyl (C=O) groups is 4. The van der Waals surface area contributed by atoms with Crippen molar-refractivity contribution >= 4 is 41.0 Å². The van der Waals surface area contributed by atoms with Crippen molar-refractivity contribution in [3.05, 3.63) is 29.3 Å². The summed E-state index contributed by atoms with van der Waals surface area (Å²) in [5.74, 6) is -0.808. The summed E-state index contributed by atoms with van der Waals surface area (Å²) in [6, 6.07) is 6.56. The minimum absolute atomic E-state index is 0.000430. The van der Waals surface area contributed by atoms with E-state index in [1.165, 1.54) is 11.9 Å². The van der Waals surface area contributed by atoms with Crippen LogP contribution in [0.4, 0.5) is 10.5 Å². The molecule has 0 aromatic heterocycles. The summed E-state index contributed by atoms with van der Waals surface area (Å²) in [5.41, 5.74) is 0.563. The lowest BCUT2D eigenvalue weighted by atomic mass is 10.3. The first-order valence-electron chi connectivity index (χ1n) is 8.95. The summed E-state index contributed by atoms with van der Waals surface area (Å²) in [7, 11) is 1.52. The first kappa shape index (κ1) is 20.1. The third-order valence-corrected chi connectivity index (χ3v) is 5.09. The molecule has 2 saturated heterocycles. The second kappa shape index (κ2) is 8.57. The first-order valence-corrected chi connectivity index (χ1v) is 9.33. The molecule has 3 rings (SSSR count). The van der Waals surface area contributed by atoms with Crippen LogP contribution in [-0.2, 0) is 14.4 Å². The molecule has 0 saturated carbocycles. The number of urea groups is 1. The highest BCUT2D eigenvalue weighted by molar-refractivity contribution is 6.33. The lowest BCUT2D eigenvalue weighted by Gasteiger charge is -2.34. The first-order chi connectivity index (χ1) is 13.3. The number of amides is 5. The molecule has 2 aliphatic heterocycles. The molecule has 0 atom stereocenters. The number of carbonyl (C=O) groups excluding carboxylic acids is 4. The van der Waals surface area contributed by atoms with Crippen molar-refractivity contribution < 1.29 is 19.2 Å². The molecule has 150 valence electrons. The van der Waals surface area contributed by atoms with E-state index in [0.717, 1.165) is 4.90 Å². The zero-order valence-electron chi connectivity index (χ0n) is 15.6. The zero-order valence-corrected chi connectivity index (χ0v) is 16.3.